The SMILES string of the molecule is COc1cccc(CN[C@H]2CCCc3ccccc32)c1OC. The topological polar surface area (TPSA) is 30.5 Å². The number of fused-ring (bicyclic) bond motifs is 1. The molecule has 0 aliphatic heterocycles. The number of aryl methyl sites for hydroxylation is 1. The molecule has 2 aromatic rings. The first kappa shape index (κ1) is 14.9. The summed E-state index contributed by atoms with van der Waals surface area (Å²) >= 11 is 0. The van der Waals surface area contributed by atoms with Crippen molar-refractivity contribution in [3.05, 3.63) is 59.2 Å². The average Bonchev–Trinajstić information content (AvgIpc) is 2.59. The van der Waals surface area contributed by atoms with Crippen LogP contribution in [0.5, 0.6) is 11.5 Å². The average molecular weight is 297 g/mol. The van der Waals surface area contributed by atoms with E-state index in [2.05, 4.69) is 35.6 Å². The van der Waals surface area contributed by atoms with Crippen LogP contribution in [0, 0.1) is 0 Å². The lowest BCUT2D eigenvalue weighted by molar-refractivity contribution is 0.349. The Kier molecular flexibility index (Phi) is 4.64. The fourth-order valence-corrected chi connectivity index (χ4v) is 3.29. The van der Waals surface area contributed by atoms with Gasteiger partial charge in [-0.05, 0) is 36.5 Å². The summed E-state index contributed by atoms with van der Waals surface area (Å²) in [6.45, 7) is 0.777. The van der Waals surface area contributed by atoms with E-state index >= 15 is 0 Å². The molecule has 2 aromatic carbocycles. The Bertz CT molecular complexity index is 639. The van der Waals surface area contributed by atoms with Crippen LogP contribution in [0.15, 0.2) is 42.5 Å². The predicted molar refractivity (Wildman–Crippen MR) is 88.5 cm³/mol. The van der Waals surface area contributed by atoms with Crippen molar-refractivity contribution in [3.63, 3.8) is 0 Å². The van der Waals surface area contributed by atoms with E-state index in [0.29, 0.717) is 6.04 Å². The molecule has 3 rings (SSSR count). The van der Waals surface area contributed by atoms with Crippen LogP contribution >= 0.6 is 0 Å². The summed E-state index contributed by atoms with van der Waals surface area (Å²) in [5.74, 6) is 1.60. The van der Waals surface area contributed by atoms with E-state index in [0.717, 1.165) is 23.6 Å². The normalized spacial score (nSPS) is 16.9. The van der Waals surface area contributed by atoms with Gasteiger partial charge >= 0.3 is 0 Å². The molecule has 22 heavy (non-hydrogen) atoms. The van der Waals surface area contributed by atoms with Gasteiger partial charge in [-0.2, -0.15) is 0 Å². The Labute approximate surface area is 132 Å². The fourth-order valence-electron chi connectivity index (χ4n) is 3.29. The summed E-state index contributed by atoms with van der Waals surface area (Å²) in [5, 5.41) is 3.68. The van der Waals surface area contributed by atoms with Crippen LogP contribution in [0.2, 0.25) is 0 Å². The highest BCUT2D eigenvalue weighted by atomic mass is 16.5. The first-order chi connectivity index (χ1) is 10.8. The number of ether oxygens (including phenoxy) is 2. The Morgan fingerprint density at radius 2 is 1.91 bits per heavy atom. The Morgan fingerprint density at radius 1 is 1.05 bits per heavy atom. The number of hydrogen-bond donors (Lipinski definition) is 1. The van der Waals surface area contributed by atoms with E-state index in [4.69, 9.17) is 9.47 Å². The molecule has 0 saturated heterocycles. The number of benzene rings is 2. The molecule has 0 heterocycles. The zero-order valence-corrected chi connectivity index (χ0v) is 13.3. The first-order valence-electron chi connectivity index (χ1n) is 7.84. The number of hydrogen-bond acceptors (Lipinski definition) is 3. The summed E-state index contributed by atoms with van der Waals surface area (Å²) in [6.07, 6.45) is 3.62. The summed E-state index contributed by atoms with van der Waals surface area (Å²) in [6, 6.07) is 15.2. The predicted octanol–water partition coefficient (Wildman–Crippen LogP) is 3.87. The second-order valence-electron chi connectivity index (χ2n) is 5.68. The standard InChI is InChI=1S/C19H23NO2/c1-21-18-12-6-9-15(19(18)22-2)13-20-17-11-5-8-14-7-3-4-10-16(14)17/h3-4,6-7,9-10,12,17,20H,5,8,11,13H2,1-2H3/t17-/m0/s1. The Hall–Kier alpha value is -2.00. The van der Waals surface area contributed by atoms with E-state index < -0.39 is 0 Å². The molecule has 0 amide bonds. The molecule has 0 radical (unpaired) electrons. The molecule has 3 nitrogen and oxygen atoms in total. The maximum absolute atomic E-state index is 5.51. The van der Waals surface area contributed by atoms with Gasteiger partial charge in [-0.1, -0.05) is 36.4 Å². The highest BCUT2D eigenvalue weighted by molar-refractivity contribution is 5.46. The minimum atomic E-state index is 0.417. The van der Waals surface area contributed by atoms with Crippen LogP contribution in [0.1, 0.15) is 35.6 Å². The van der Waals surface area contributed by atoms with Crippen molar-refractivity contribution in [3.8, 4) is 11.5 Å². The molecule has 0 unspecified atom stereocenters. The third-order valence-electron chi connectivity index (χ3n) is 4.39. The molecule has 1 aliphatic rings. The minimum Gasteiger partial charge on any atom is -0.493 e. The van der Waals surface area contributed by atoms with Crippen molar-refractivity contribution in [1.82, 2.24) is 5.32 Å². The minimum absolute atomic E-state index is 0.417. The molecule has 0 aromatic heterocycles. The van der Waals surface area contributed by atoms with Crippen LogP contribution < -0.4 is 14.8 Å². The third kappa shape index (κ3) is 2.95. The van der Waals surface area contributed by atoms with Gasteiger partial charge < -0.3 is 14.8 Å². The van der Waals surface area contributed by atoms with Gasteiger partial charge in [-0.25, -0.2) is 0 Å². The van der Waals surface area contributed by atoms with Crippen molar-refractivity contribution in [2.24, 2.45) is 0 Å². The van der Waals surface area contributed by atoms with Crippen molar-refractivity contribution in [2.45, 2.75) is 31.8 Å². The Morgan fingerprint density at radius 3 is 2.73 bits per heavy atom. The zero-order valence-electron chi connectivity index (χ0n) is 13.3. The van der Waals surface area contributed by atoms with Crippen LogP contribution in [0.3, 0.4) is 0 Å². The number of para-hydroxylation sites is 1. The van der Waals surface area contributed by atoms with Crippen molar-refractivity contribution in [1.29, 1.82) is 0 Å². The van der Waals surface area contributed by atoms with Gasteiger partial charge in [0, 0.05) is 18.2 Å². The monoisotopic (exact) mass is 297 g/mol. The lowest BCUT2D eigenvalue weighted by atomic mass is 9.87. The second kappa shape index (κ2) is 6.84. The van der Waals surface area contributed by atoms with E-state index in [-0.39, 0.29) is 0 Å². The summed E-state index contributed by atoms with van der Waals surface area (Å²) in [5.41, 5.74) is 4.05. The van der Waals surface area contributed by atoms with Gasteiger partial charge in [-0.3, -0.25) is 0 Å². The highest BCUT2D eigenvalue weighted by Crippen LogP contribution is 2.33. The van der Waals surface area contributed by atoms with Crippen LogP contribution in [0.25, 0.3) is 0 Å². The lowest BCUT2D eigenvalue weighted by Gasteiger charge is -2.27. The molecule has 116 valence electrons. The van der Waals surface area contributed by atoms with E-state index in [9.17, 15) is 0 Å². The van der Waals surface area contributed by atoms with Crippen molar-refractivity contribution < 1.29 is 9.47 Å². The second-order valence-corrected chi connectivity index (χ2v) is 5.68. The van der Waals surface area contributed by atoms with Gasteiger partial charge in [0.25, 0.3) is 0 Å². The van der Waals surface area contributed by atoms with E-state index in [1.54, 1.807) is 14.2 Å². The van der Waals surface area contributed by atoms with Gasteiger partial charge in [-0.15, -0.1) is 0 Å². The molecule has 0 bridgehead atoms. The highest BCUT2D eigenvalue weighted by Gasteiger charge is 2.19. The number of nitrogens with one attached hydrogen (secondary N) is 1. The van der Waals surface area contributed by atoms with Gasteiger partial charge in [0.15, 0.2) is 11.5 Å². The first-order valence-corrected chi connectivity index (χ1v) is 7.84. The quantitative estimate of drug-likeness (QED) is 0.908. The molecule has 0 fully saturated rings. The van der Waals surface area contributed by atoms with E-state index in [1.165, 1.54) is 30.4 Å². The fraction of sp³-hybridized carbons (Fsp3) is 0.368. The largest absolute Gasteiger partial charge is 0.493 e. The van der Waals surface area contributed by atoms with E-state index in [1.807, 2.05) is 12.1 Å². The molecular weight excluding hydrogens is 274 g/mol. The van der Waals surface area contributed by atoms with Gasteiger partial charge in [0.1, 0.15) is 0 Å². The van der Waals surface area contributed by atoms with Gasteiger partial charge in [0.2, 0.25) is 0 Å². The summed E-state index contributed by atoms with van der Waals surface area (Å²) in [7, 11) is 3.36. The van der Waals surface area contributed by atoms with Crippen LogP contribution in [0.4, 0.5) is 0 Å². The van der Waals surface area contributed by atoms with Crippen LogP contribution in [-0.2, 0) is 13.0 Å². The number of methoxy groups -OCH3 is 2. The molecular formula is C19H23NO2. The van der Waals surface area contributed by atoms with Crippen molar-refractivity contribution >= 4 is 0 Å². The zero-order chi connectivity index (χ0) is 15.4. The molecule has 1 N–H and O–H groups in total. The lowest BCUT2D eigenvalue weighted by Crippen LogP contribution is -2.25. The molecule has 0 saturated carbocycles. The van der Waals surface area contributed by atoms with Gasteiger partial charge in [0.05, 0.1) is 14.2 Å². The summed E-state index contributed by atoms with van der Waals surface area (Å²) in [4.78, 5) is 0. The summed E-state index contributed by atoms with van der Waals surface area (Å²) < 4.78 is 10.9. The molecule has 1 atom stereocenters. The molecule has 1 aliphatic carbocycles. The maximum atomic E-state index is 5.51. The van der Waals surface area contributed by atoms with Crippen LogP contribution in [-0.4, -0.2) is 14.2 Å². The smallest absolute Gasteiger partial charge is 0.165 e. The molecule has 0 spiro atoms. The molecule has 3 heteroatoms. The number of rotatable bonds is 5. The maximum Gasteiger partial charge on any atom is 0.165 e. The Balaban J connectivity index is 1.77. The third-order valence-corrected chi connectivity index (χ3v) is 4.39. The van der Waals surface area contributed by atoms with Crippen molar-refractivity contribution in [2.75, 3.05) is 14.2 Å².